The lowest BCUT2D eigenvalue weighted by molar-refractivity contribution is 0.350. The molecule has 0 saturated carbocycles. The summed E-state index contributed by atoms with van der Waals surface area (Å²) in [5, 5.41) is 17.1. The zero-order chi connectivity index (χ0) is 15.2. The summed E-state index contributed by atoms with van der Waals surface area (Å²) in [6.45, 7) is -0.185. The highest BCUT2D eigenvalue weighted by molar-refractivity contribution is 7.89. The summed E-state index contributed by atoms with van der Waals surface area (Å²) >= 11 is 5.97. The number of nitriles is 1. The molecule has 7 heteroatoms. The third-order valence-electron chi connectivity index (χ3n) is 2.47. The van der Waals surface area contributed by atoms with Crippen LogP contribution in [0.1, 0.15) is 12.0 Å². The van der Waals surface area contributed by atoms with Gasteiger partial charge >= 0.3 is 0 Å². The van der Waals surface area contributed by atoms with Crippen LogP contribution in [0.3, 0.4) is 0 Å². The molecule has 1 N–H and O–H groups in total. The highest BCUT2D eigenvalue weighted by Gasteiger charge is 2.23. The van der Waals surface area contributed by atoms with Crippen LogP contribution < -0.4 is 0 Å². The van der Waals surface area contributed by atoms with Crippen molar-refractivity contribution < 1.29 is 13.5 Å². The fraction of sp³-hybridized carbons (Fsp3) is 0.308. The highest BCUT2D eigenvalue weighted by atomic mass is 35.5. The standard InChI is InChI=1S/C13H13ClN2O3S/c1-16(8-3-7-15)20(18,19)13-6-5-11(4-2-9-17)10-12(13)14/h5-6,10,17H,3,8-9H2,1H3. The van der Waals surface area contributed by atoms with E-state index in [4.69, 9.17) is 22.0 Å². The van der Waals surface area contributed by atoms with Gasteiger partial charge in [-0.15, -0.1) is 0 Å². The quantitative estimate of drug-likeness (QED) is 0.848. The molecule has 0 spiro atoms. The Morgan fingerprint density at radius 1 is 1.45 bits per heavy atom. The summed E-state index contributed by atoms with van der Waals surface area (Å²) in [5.74, 6) is 5.09. The molecule has 0 aliphatic carbocycles. The predicted molar refractivity (Wildman–Crippen MR) is 75.5 cm³/mol. The van der Waals surface area contributed by atoms with Gasteiger partial charge in [0.1, 0.15) is 11.5 Å². The normalized spacial score (nSPS) is 10.8. The Balaban J connectivity index is 3.11. The van der Waals surface area contributed by atoms with Crippen LogP contribution in [-0.2, 0) is 10.0 Å². The average molecular weight is 313 g/mol. The molecule has 0 bridgehead atoms. The largest absolute Gasteiger partial charge is 0.384 e. The third-order valence-corrected chi connectivity index (χ3v) is 4.81. The Morgan fingerprint density at radius 2 is 2.15 bits per heavy atom. The molecule has 0 fully saturated rings. The molecule has 0 atom stereocenters. The second-order valence-corrected chi connectivity index (χ2v) is 6.26. The summed E-state index contributed by atoms with van der Waals surface area (Å²) in [4.78, 5) is -0.0332. The van der Waals surface area contributed by atoms with Gasteiger partial charge in [-0.25, -0.2) is 8.42 Å². The molecule has 0 saturated heterocycles. The summed E-state index contributed by atoms with van der Waals surface area (Å²) in [5.41, 5.74) is 0.516. The van der Waals surface area contributed by atoms with E-state index in [0.717, 1.165) is 4.31 Å². The lowest BCUT2D eigenvalue weighted by atomic mass is 10.2. The van der Waals surface area contributed by atoms with Crippen molar-refractivity contribution in [3.63, 3.8) is 0 Å². The van der Waals surface area contributed by atoms with Crippen molar-refractivity contribution in [3.05, 3.63) is 28.8 Å². The highest BCUT2D eigenvalue weighted by Crippen LogP contribution is 2.25. The van der Waals surface area contributed by atoms with E-state index in [2.05, 4.69) is 11.8 Å². The minimum Gasteiger partial charge on any atom is -0.384 e. The van der Waals surface area contributed by atoms with Gasteiger partial charge in [-0.3, -0.25) is 0 Å². The second-order valence-electron chi connectivity index (χ2n) is 3.84. The first-order valence-corrected chi connectivity index (χ1v) is 7.48. The van der Waals surface area contributed by atoms with Crippen molar-refractivity contribution in [2.24, 2.45) is 0 Å². The Morgan fingerprint density at radius 3 is 2.70 bits per heavy atom. The number of nitrogens with zero attached hydrogens (tertiary/aromatic N) is 2. The number of aliphatic hydroxyl groups is 1. The van der Waals surface area contributed by atoms with E-state index >= 15 is 0 Å². The van der Waals surface area contributed by atoms with E-state index in [1.54, 1.807) is 0 Å². The number of halogens is 1. The SMILES string of the molecule is CN(CCC#N)S(=O)(=O)c1ccc(C#CCO)cc1Cl. The first-order valence-electron chi connectivity index (χ1n) is 5.66. The fourth-order valence-corrected chi connectivity index (χ4v) is 3.11. The topological polar surface area (TPSA) is 81.4 Å². The Hall–Kier alpha value is -1.57. The smallest absolute Gasteiger partial charge is 0.244 e. The first-order chi connectivity index (χ1) is 9.43. The maximum atomic E-state index is 12.2. The lowest BCUT2D eigenvalue weighted by Gasteiger charge is -2.16. The number of benzene rings is 1. The van der Waals surface area contributed by atoms with E-state index < -0.39 is 10.0 Å². The molecular formula is C13H13ClN2O3S. The van der Waals surface area contributed by atoms with Crippen LogP contribution in [0.25, 0.3) is 0 Å². The van der Waals surface area contributed by atoms with Crippen molar-refractivity contribution in [1.82, 2.24) is 4.31 Å². The van der Waals surface area contributed by atoms with Crippen LogP contribution in [-0.4, -0.2) is 38.0 Å². The maximum absolute atomic E-state index is 12.2. The minimum absolute atomic E-state index is 0.0332. The monoisotopic (exact) mass is 312 g/mol. The molecule has 0 aromatic heterocycles. The maximum Gasteiger partial charge on any atom is 0.244 e. The molecule has 0 amide bonds. The molecule has 0 aliphatic heterocycles. The van der Waals surface area contributed by atoms with Gasteiger partial charge in [-0.05, 0) is 18.2 Å². The number of hydrogen-bond acceptors (Lipinski definition) is 4. The van der Waals surface area contributed by atoms with E-state index in [9.17, 15) is 8.42 Å². The number of sulfonamides is 1. The summed E-state index contributed by atoms with van der Waals surface area (Å²) < 4.78 is 25.6. The molecule has 5 nitrogen and oxygen atoms in total. The van der Waals surface area contributed by atoms with Gasteiger partial charge in [-0.1, -0.05) is 23.4 Å². The van der Waals surface area contributed by atoms with Gasteiger partial charge in [0.15, 0.2) is 0 Å². The molecule has 0 heterocycles. The minimum atomic E-state index is -3.73. The van der Waals surface area contributed by atoms with Gasteiger partial charge < -0.3 is 5.11 Å². The van der Waals surface area contributed by atoms with Crippen LogP contribution in [0.4, 0.5) is 0 Å². The van der Waals surface area contributed by atoms with Crippen LogP contribution in [0.15, 0.2) is 23.1 Å². The van der Waals surface area contributed by atoms with Crippen molar-refractivity contribution in [1.29, 1.82) is 5.26 Å². The molecule has 0 unspecified atom stereocenters. The zero-order valence-corrected chi connectivity index (χ0v) is 12.4. The van der Waals surface area contributed by atoms with Gasteiger partial charge in [0.2, 0.25) is 10.0 Å². The van der Waals surface area contributed by atoms with Crippen LogP contribution in [0.5, 0.6) is 0 Å². The number of rotatable bonds is 4. The summed E-state index contributed by atoms with van der Waals surface area (Å²) in [6, 6.07) is 6.19. The number of hydrogen-bond donors (Lipinski definition) is 1. The van der Waals surface area contributed by atoms with Crippen molar-refractivity contribution >= 4 is 21.6 Å². The molecule has 106 valence electrons. The Kier molecular flexibility index (Phi) is 6.00. The van der Waals surface area contributed by atoms with Gasteiger partial charge in [0.05, 0.1) is 11.1 Å². The average Bonchev–Trinajstić information content (AvgIpc) is 2.42. The van der Waals surface area contributed by atoms with Gasteiger partial charge in [0, 0.05) is 25.6 Å². The Labute approximate surface area is 123 Å². The van der Waals surface area contributed by atoms with Crippen LogP contribution in [0.2, 0.25) is 5.02 Å². The summed E-state index contributed by atoms with van der Waals surface area (Å²) in [6.07, 6.45) is 0.105. The Bertz CT molecular complexity index is 684. The van der Waals surface area contributed by atoms with Crippen LogP contribution in [0, 0.1) is 23.2 Å². The lowest BCUT2D eigenvalue weighted by Crippen LogP contribution is -2.28. The van der Waals surface area contributed by atoms with E-state index in [1.807, 2.05) is 6.07 Å². The molecule has 20 heavy (non-hydrogen) atoms. The molecule has 1 aromatic rings. The molecule has 0 radical (unpaired) electrons. The van der Waals surface area contributed by atoms with Gasteiger partial charge in [-0.2, -0.15) is 9.57 Å². The molecule has 1 rings (SSSR count). The number of aliphatic hydroxyl groups excluding tert-OH is 1. The molecule has 0 aliphatic rings. The van der Waals surface area contributed by atoms with Crippen molar-refractivity contribution in [2.75, 3.05) is 20.2 Å². The summed E-state index contributed by atoms with van der Waals surface area (Å²) in [7, 11) is -2.34. The second kappa shape index (κ2) is 7.28. The first kappa shape index (κ1) is 16.5. The van der Waals surface area contributed by atoms with Crippen molar-refractivity contribution in [3.8, 4) is 17.9 Å². The van der Waals surface area contributed by atoms with E-state index in [1.165, 1.54) is 25.2 Å². The van der Waals surface area contributed by atoms with Gasteiger partial charge in [0.25, 0.3) is 0 Å². The van der Waals surface area contributed by atoms with E-state index in [-0.39, 0.29) is 29.5 Å². The predicted octanol–water partition coefficient (Wildman–Crippen LogP) is 1.22. The van der Waals surface area contributed by atoms with Crippen molar-refractivity contribution in [2.45, 2.75) is 11.3 Å². The van der Waals surface area contributed by atoms with E-state index in [0.29, 0.717) is 5.56 Å². The fourth-order valence-electron chi connectivity index (χ4n) is 1.42. The molecular weight excluding hydrogens is 300 g/mol. The molecule has 1 aromatic carbocycles. The van der Waals surface area contributed by atoms with Crippen LogP contribution >= 0.6 is 11.6 Å². The zero-order valence-electron chi connectivity index (χ0n) is 10.8. The third kappa shape index (κ3) is 3.96.